The Bertz CT molecular complexity index is 720. The van der Waals surface area contributed by atoms with Crippen molar-refractivity contribution in [2.75, 3.05) is 12.4 Å². The molecule has 8 heteroatoms. The predicted octanol–water partition coefficient (Wildman–Crippen LogP) is 1.81. The topological polar surface area (TPSA) is 84.4 Å². The summed E-state index contributed by atoms with van der Waals surface area (Å²) < 4.78 is 1.92. The van der Waals surface area contributed by atoms with Crippen molar-refractivity contribution < 1.29 is 0 Å². The van der Waals surface area contributed by atoms with Crippen LogP contribution in [-0.4, -0.2) is 44.0 Å². The first-order valence-electron chi connectivity index (χ1n) is 7.19. The van der Waals surface area contributed by atoms with Gasteiger partial charge >= 0.3 is 0 Å². The van der Waals surface area contributed by atoms with Gasteiger partial charge in [0, 0.05) is 25.7 Å². The molecule has 122 valence electrons. The molecule has 0 aliphatic heterocycles. The van der Waals surface area contributed by atoms with Crippen molar-refractivity contribution >= 4 is 29.4 Å². The van der Waals surface area contributed by atoms with E-state index in [1.54, 1.807) is 25.8 Å². The summed E-state index contributed by atoms with van der Waals surface area (Å²) in [7, 11) is 3.64. The van der Waals surface area contributed by atoms with Crippen molar-refractivity contribution in [2.24, 2.45) is 17.9 Å². The highest BCUT2D eigenvalue weighted by Crippen LogP contribution is 2.20. The minimum absolute atomic E-state index is 0.211. The Balaban J connectivity index is 2.41. The molecule has 0 aliphatic carbocycles. The summed E-state index contributed by atoms with van der Waals surface area (Å²) in [6, 6.07) is 4.14. The number of hydrogen-bond acceptors (Lipinski definition) is 5. The van der Waals surface area contributed by atoms with Gasteiger partial charge in [0.25, 0.3) is 0 Å². The van der Waals surface area contributed by atoms with Gasteiger partial charge in [-0.25, -0.2) is 15.0 Å². The normalized spacial score (nSPS) is 11.2. The molecule has 0 radical (unpaired) electrons. The van der Waals surface area contributed by atoms with Crippen LogP contribution in [0.5, 0.6) is 0 Å². The first-order valence-corrected chi connectivity index (χ1v) is 7.60. The van der Waals surface area contributed by atoms with Crippen molar-refractivity contribution in [3.8, 4) is 11.4 Å². The van der Waals surface area contributed by atoms with Crippen LogP contribution in [0.4, 0.5) is 5.82 Å². The number of anilines is 1. The van der Waals surface area contributed by atoms with Gasteiger partial charge in [0.15, 0.2) is 5.11 Å². The maximum atomic E-state index is 5.53. The second-order valence-electron chi connectivity index (χ2n) is 5.47. The second-order valence-corrected chi connectivity index (χ2v) is 5.88. The fourth-order valence-corrected chi connectivity index (χ4v) is 1.99. The maximum Gasteiger partial charge on any atom is 0.186 e. The van der Waals surface area contributed by atoms with E-state index in [1.165, 1.54) is 5.01 Å². The standard InChI is InChI=1S/C15H21N7S/c1-10(2)19-14-6-11(7-18-22(4)15(16)23)5-12(20-14)13-8-17-9-21(13)3/h5-10H,1-4H3,(H2,16,23)(H,19,20)/b18-7+. The van der Waals surface area contributed by atoms with Crippen molar-refractivity contribution in [1.82, 2.24) is 19.5 Å². The van der Waals surface area contributed by atoms with E-state index in [9.17, 15) is 0 Å². The lowest BCUT2D eigenvalue weighted by molar-refractivity contribution is 0.552. The minimum atomic E-state index is 0.211. The molecule has 2 aromatic rings. The SMILES string of the molecule is CC(C)Nc1cc(/C=N/N(C)C(N)=S)cc(-c2cncn2C)n1. The van der Waals surface area contributed by atoms with Gasteiger partial charge in [0.05, 0.1) is 30.1 Å². The summed E-state index contributed by atoms with van der Waals surface area (Å²) in [5.74, 6) is 0.776. The highest BCUT2D eigenvalue weighted by molar-refractivity contribution is 7.80. The van der Waals surface area contributed by atoms with Crippen LogP contribution in [0.1, 0.15) is 19.4 Å². The Morgan fingerprint density at radius 2 is 2.22 bits per heavy atom. The number of hydrogen-bond donors (Lipinski definition) is 2. The van der Waals surface area contributed by atoms with E-state index in [4.69, 9.17) is 18.0 Å². The summed E-state index contributed by atoms with van der Waals surface area (Å²) in [5, 5.41) is 9.18. The molecule has 0 bridgehead atoms. The molecule has 0 aliphatic rings. The third-order valence-corrected chi connectivity index (χ3v) is 3.33. The molecular formula is C15H21N7S. The molecule has 2 heterocycles. The number of imidazole rings is 1. The number of nitrogens with one attached hydrogen (secondary N) is 1. The molecule has 2 rings (SSSR count). The van der Waals surface area contributed by atoms with Crippen molar-refractivity contribution in [1.29, 1.82) is 0 Å². The quantitative estimate of drug-likeness (QED) is 0.494. The van der Waals surface area contributed by atoms with Gasteiger partial charge in [-0.15, -0.1) is 0 Å². The molecular weight excluding hydrogens is 310 g/mol. The lowest BCUT2D eigenvalue weighted by Gasteiger charge is -2.13. The van der Waals surface area contributed by atoms with Crippen LogP contribution in [-0.2, 0) is 7.05 Å². The van der Waals surface area contributed by atoms with E-state index in [0.717, 1.165) is 22.8 Å². The number of rotatable bonds is 5. The number of nitrogens with zero attached hydrogens (tertiary/aromatic N) is 5. The largest absolute Gasteiger partial charge is 0.375 e. The predicted molar refractivity (Wildman–Crippen MR) is 97.3 cm³/mol. The fraction of sp³-hybridized carbons (Fsp3) is 0.333. The van der Waals surface area contributed by atoms with Gasteiger partial charge < -0.3 is 15.6 Å². The average molecular weight is 331 g/mol. The summed E-state index contributed by atoms with van der Waals surface area (Å²) in [4.78, 5) is 8.78. The molecule has 0 aromatic carbocycles. The van der Waals surface area contributed by atoms with Crippen molar-refractivity contribution in [2.45, 2.75) is 19.9 Å². The Morgan fingerprint density at radius 1 is 1.48 bits per heavy atom. The Hall–Kier alpha value is -2.48. The third kappa shape index (κ3) is 4.49. The molecule has 0 spiro atoms. The number of pyridine rings is 1. The number of hydrazone groups is 1. The zero-order valence-corrected chi connectivity index (χ0v) is 14.5. The summed E-state index contributed by atoms with van der Waals surface area (Å²) >= 11 is 4.88. The zero-order chi connectivity index (χ0) is 17.0. The number of thiocarbonyl (C=S) groups is 1. The Morgan fingerprint density at radius 3 is 2.78 bits per heavy atom. The van der Waals surface area contributed by atoms with E-state index >= 15 is 0 Å². The van der Waals surface area contributed by atoms with Crippen LogP contribution in [0.2, 0.25) is 0 Å². The summed E-state index contributed by atoms with van der Waals surface area (Å²) in [5.41, 5.74) is 8.16. The first-order chi connectivity index (χ1) is 10.9. The molecule has 3 N–H and O–H groups in total. The van der Waals surface area contributed by atoms with E-state index in [-0.39, 0.29) is 11.2 Å². The van der Waals surface area contributed by atoms with Crippen LogP contribution < -0.4 is 11.1 Å². The molecule has 0 saturated carbocycles. The fourth-order valence-electron chi connectivity index (χ4n) is 1.94. The highest BCUT2D eigenvalue weighted by Gasteiger charge is 2.08. The average Bonchev–Trinajstić information content (AvgIpc) is 2.89. The van der Waals surface area contributed by atoms with Crippen LogP contribution >= 0.6 is 12.2 Å². The molecule has 0 saturated heterocycles. The number of aromatic nitrogens is 3. The molecule has 0 fully saturated rings. The van der Waals surface area contributed by atoms with Crippen molar-refractivity contribution in [3.05, 3.63) is 30.2 Å². The van der Waals surface area contributed by atoms with Gasteiger partial charge in [0.2, 0.25) is 0 Å². The van der Waals surface area contributed by atoms with E-state index in [0.29, 0.717) is 0 Å². The monoisotopic (exact) mass is 331 g/mol. The molecule has 0 unspecified atom stereocenters. The summed E-state index contributed by atoms with van der Waals surface area (Å²) in [6.07, 6.45) is 5.23. The molecule has 7 nitrogen and oxygen atoms in total. The Kier molecular flexibility index (Phi) is 5.28. The lowest BCUT2D eigenvalue weighted by Crippen LogP contribution is -2.27. The lowest BCUT2D eigenvalue weighted by atomic mass is 10.2. The van der Waals surface area contributed by atoms with E-state index < -0.39 is 0 Å². The zero-order valence-electron chi connectivity index (χ0n) is 13.7. The van der Waals surface area contributed by atoms with Gasteiger partial charge in [-0.3, -0.25) is 0 Å². The summed E-state index contributed by atoms with van der Waals surface area (Å²) in [6.45, 7) is 4.12. The Labute approximate surface area is 141 Å². The van der Waals surface area contributed by atoms with Gasteiger partial charge in [-0.05, 0) is 38.2 Å². The molecule has 0 amide bonds. The van der Waals surface area contributed by atoms with Crippen LogP contribution in [0.25, 0.3) is 11.4 Å². The van der Waals surface area contributed by atoms with Crippen LogP contribution in [0.15, 0.2) is 29.8 Å². The smallest absolute Gasteiger partial charge is 0.186 e. The molecule has 2 aromatic heterocycles. The van der Waals surface area contributed by atoms with Gasteiger partial charge in [-0.2, -0.15) is 5.10 Å². The first kappa shape index (κ1) is 16.9. The highest BCUT2D eigenvalue weighted by atomic mass is 32.1. The van der Waals surface area contributed by atoms with Gasteiger partial charge in [-0.1, -0.05) is 0 Å². The molecule has 0 atom stereocenters. The molecule has 23 heavy (non-hydrogen) atoms. The number of nitrogens with two attached hydrogens (primary N) is 1. The second kappa shape index (κ2) is 7.19. The van der Waals surface area contributed by atoms with Crippen molar-refractivity contribution in [3.63, 3.8) is 0 Å². The van der Waals surface area contributed by atoms with Crippen LogP contribution in [0.3, 0.4) is 0 Å². The van der Waals surface area contributed by atoms with E-state index in [2.05, 4.69) is 34.2 Å². The number of aryl methyl sites for hydroxylation is 1. The van der Waals surface area contributed by atoms with Crippen LogP contribution in [0, 0.1) is 0 Å². The van der Waals surface area contributed by atoms with Gasteiger partial charge in [0.1, 0.15) is 5.82 Å². The van der Waals surface area contributed by atoms with E-state index in [1.807, 2.05) is 23.7 Å². The third-order valence-electron chi connectivity index (χ3n) is 3.06. The minimum Gasteiger partial charge on any atom is -0.375 e. The maximum absolute atomic E-state index is 5.53.